The number of nitrogens with zero attached hydrogens (tertiary/aromatic N) is 2. The maximum atomic E-state index is 9.08. The smallest absolute Gasteiger partial charge is 0.187 e. The highest BCUT2D eigenvalue weighted by atomic mass is 35.5. The number of thiazole rings is 1. The second-order valence-corrected chi connectivity index (χ2v) is 5.63. The summed E-state index contributed by atoms with van der Waals surface area (Å²) in [6, 6.07) is 0. The monoisotopic (exact) mass is 260 g/mol. The van der Waals surface area contributed by atoms with Gasteiger partial charge in [-0.15, -0.1) is 0 Å². The molecular formula is C11H17ClN2OS. The van der Waals surface area contributed by atoms with Crippen molar-refractivity contribution in [3.63, 3.8) is 0 Å². The lowest BCUT2D eigenvalue weighted by molar-refractivity contribution is 0.285. The normalized spacial score (nSPS) is 18.1. The highest BCUT2D eigenvalue weighted by Gasteiger charge is 2.21. The van der Waals surface area contributed by atoms with Gasteiger partial charge >= 0.3 is 0 Å². The molecule has 0 aromatic carbocycles. The molecule has 1 aromatic heterocycles. The molecule has 16 heavy (non-hydrogen) atoms. The topological polar surface area (TPSA) is 36.4 Å². The molecule has 1 saturated heterocycles. The molecule has 5 heteroatoms. The Bertz CT molecular complexity index is 348. The molecule has 1 N–H and O–H groups in total. The zero-order valence-corrected chi connectivity index (χ0v) is 11.0. The number of aliphatic hydroxyl groups excluding tert-OH is 1. The van der Waals surface area contributed by atoms with Crippen molar-refractivity contribution < 1.29 is 5.11 Å². The summed E-state index contributed by atoms with van der Waals surface area (Å²) in [5.41, 5.74) is 0. The molecule has 1 aromatic rings. The number of aromatic nitrogens is 1. The van der Waals surface area contributed by atoms with Crippen molar-refractivity contribution in [2.45, 2.75) is 32.8 Å². The lowest BCUT2D eigenvalue weighted by atomic mass is 9.95. The fourth-order valence-corrected chi connectivity index (χ4v) is 3.26. The van der Waals surface area contributed by atoms with Gasteiger partial charge in [-0.1, -0.05) is 36.3 Å². The number of halogens is 1. The van der Waals surface area contributed by atoms with Crippen molar-refractivity contribution in [2.75, 3.05) is 18.0 Å². The van der Waals surface area contributed by atoms with E-state index in [9.17, 15) is 0 Å². The number of anilines is 1. The van der Waals surface area contributed by atoms with Crippen LogP contribution in [0.1, 0.15) is 31.1 Å². The fourth-order valence-electron chi connectivity index (χ4n) is 2.09. The SMILES string of the molecule is CCC1CCN(c2nc(Cl)c(CO)s2)CC1. The molecule has 3 nitrogen and oxygen atoms in total. The number of hydrogen-bond acceptors (Lipinski definition) is 4. The van der Waals surface area contributed by atoms with Gasteiger partial charge in [0, 0.05) is 13.1 Å². The van der Waals surface area contributed by atoms with Crippen LogP contribution in [0.15, 0.2) is 0 Å². The highest BCUT2D eigenvalue weighted by molar-refractivity contribution is 7.16. The molecule has 0 saturated carbocycles. The Morgan fingerprint density at radius 3 is 2.69 bits per heavy atom. The van der Waals surface area contributed by atoms with Gasteiger partial charge in [-0.2, -0.15) is 0 Å². The Morgan fingerprint density at radius 2 is 2.19 bits per heavy atom. The molecule has 0 atom stereocenters. The molecule has 1 aliphatic rings. The molecule has 0 spiro atoms. The van der Waals surface area contributed by atoms with Crippen molar-refractivity contribution in [3.05, 3.63) is 10.0 Å². The molecule has 0 bridgehead atoms. The van der Waals surface area contributed by atoms with Gasteiger partial charge in [-0.05, 0) is 18.8 Å². The largest absolute Gasteiger partial charge is 0.391 e. The number of hydrogen-bond donors (Lipinski definition) is 1. The zero-order valence-electron chi connectivity index (χ0n) is 9.45. The highest BCUT2D eigenvalue weighted by Crippen LogP contribution is 2.32. The first kappa shape index (κ1) is 12.1. The van der Waals surface area contributed by atoms with Crippen LogP contribution < -0.4 is 4.90 Å². The lowest BCUT2D eigenvalue weighted by Crippen LogP contribution is -2.33. The van der Waals surface area contributed by atoms with Crippen LogP contribution in [-0.4, -0.2) is 23.2 Å². The van der Waals surface area contributed by atoms with E-state index in [0.29, 0.717) is 5.15 Å². The van der Waals surface area contributed by atoms with E-state index in [4.69, 9.17) is 16.7 Å². The third kappa shape index (κ3) is 2.50. The predicted molar refractivity (Wildman–Crippen MR) is 68.3 cm³/mol. The van der Waals surface area contributed by atoms with E-state index in [1.54, 1.807) is 0 Å². The lowest BCUT2D eigenvalue weighted by Gasteiger charge is -2.31. The standard InChI is InChI=1S/C11H17ClN2OS/c1-2-8-3-5-14(6-4-8)11-13-10(12)9(7-15)16-11/h8,15H,2-7H2,1H3. The number of rotatable bonds is 3. The zero-order chi connectivity index (χ0) is 11.5. The van der Waals surface area contributed by atoms with Gasteiger partial charge in [-0.25, -0.2) is 4.98 Å². The van der Waals surface area contributed by atoms with Crippen LogP contribution in [0.3, 0.4) is 0 Å². The van der Waals surface area contributed by atoms with Gasteiger partial charge in [0.05, 0.1) is 11.5 Å². The first-order chi connectivity index (χ1) is 7.74. The second kappa shape index (κ2) is 5.34. The van der Waals surface area contributed by atoms with Gasteiger partial charge in [0.25, 0.3) is 0 Å². The van der Waals surface area contributed by atoms with Crippen LogP contribution in [0.4, 0.5) is 5.13 Å². The summed E-state index contributed by atoms with van der Waals surface area (Å²) >= 11 is 7.44. The summed E-state index contributed by atoms with van der Waals surface area (Å²) in [5, 5.41) is 10.5. The van der Waals surface area contributed by atoms with Crippen molar-refractivity contribution >= 4 is 28.1 Å². The fraction of sp³-hybridized carbons (Fsp3) is 0.727. The Kier molecular flexibility index (Phi) is 4.05. The van der Waals surface area contributed by atoms with Crippen LogP contribution >= 0.6 is 22.9 Å². The minimum absolute atomic E-state index is 0.0120. The number of aliphatic hydroxyl groups is 1. The van der Waals surface area contributed by atoms with Gasteiger partial charge in [0.15, 0.2) is 5.13 Å². The van der Waals surface area contributed by atoms with Gasteiger partial charge in [-0.3, -0.25) is 0 Å². The quantitative estimate of drug-likeness (QED) is 0.908. The summed E-state index contributed by atoms with van der Waals surface area (Å²) in [6.45, 7) is 4.37. The van der Waals surface area contributed by atoms with Crippen LogP contribution in [0.2, 0.25) is 5.15 Å². The molecule has 2 heterocycles. The minimum atomic E-state index is -0.0120. The van der Waals surface area contributed by atoms with Gasteiger partial charge in [0.2, 0.25) is 0 Å². The first-order valence-electron chi connectivity index (χ1n) is 5.75. The van der Waals surface area contributed by atoms with Crippen LogP contribution in [-0.2, 0) is 6.61 Å². The predicted octanol–water partition coefficient (Wildman–Crippen LogP) is 2.92. The van der Waals surface area contributed by atoms with Crippen LogP contribution in [0.5, 0.6) is 0 Å². The van der Waals surface area contributed by atoms with E-state index >= 15 is 0 Å². The summed E-state index contributed by atoms with van der Waals surface area (Å²) in [7, 11) is 0. The van der Waals surface area contributed by atoms with Gasteiger partial charge < -0.3 is 10.0 Å². The average Bonchev–Trinajstić information content (AvgIpc) is 2.71. The van der Waals surface area contributed by atoms with Crippen LogP contribution in [0, 0.1) is 5.92 Å². The van der Waals surface area contributed by atoms with Crippen molar-refractivity contribution in [2.24, 2.45) is 5.92 Å². The minimum Gasteiger partial charge on any atom is -0.391 e. The van der Waals surface area contributed by atoms with Gasteiger partial charge in [0.1, 0.15) is 5.15 Å². The van der Waals surface area contributed by atoms with Crippen LogP contribution in [0.25, 0.3) is 0 Å². The maximum absolute atomic E-state index is 9.08. The van der Waals surface area contributed by atoms with E-state index in [1.807, 2.05) is 0 Å². The average molecular weight is 261 g/mol. The Balaban J connectivity index is 2.02. The Hall–Kier alpha value is -0.320. The molecule has 1 aliphatic heterocycles. The summed E-state index contributed by atoms with van der Waals surface area (Å²) in [4.78, 5) is 7.36. The second-order valence-electron chi connectivity index (χ2n) is 4.21. The molecule has 0 aliphatic carbocycles. The van der Waals surface area contributed by atoms with E-state index in [1.165, 1.54) is 30.6 Å². The molecular weight excluding hydrogens is 244 g/mol. The van der Waals surface area contributed by atoms with Crippen molar-refractivity contribution in [3.8, 4) is 0 Å². The summed E-state index contributed by atoms with van der Waals surface area (Å²) in [5.74, 6) is 0.865. The third-order valence-electron chi connectivity index (χ3n) is 3.24. The molecule has 90 valence electrons. The molecule has 0 amide bonds. The first-order valence-corrected chi connectivity index (χ1v) is 6.95. The third-order valence-corrected chi connectivity index (χ3v) is 4.77. The van der Waals surface area contributed by atoms with E-state index < -0.39 is 0 Å². The molecule has 2 rings (SSSR count). The molecule has 0 radical (unpaired) electrons. The maximum Gasteiger partial charge on any atom is 0.187 e. The van der Waals surface area contributed by atoms with Crippen molar-refractivity contribution in [1.82, 2.24) is 4.98 Å². The Morgan fingerprint density at radius 1 is 1.50 bits per heavy atom. The van der Waals surface area contributed by atoms with E-state index in [2.05, 4.69) is 16.8 Å². The van der Waals surface area contributed by atoms with E-state index in [-0.39, 0.29) is 6.61 Å². The molecule has 1 fully saturated rings. The van der Waals surface area contributed by atoms with Crippen molar-refractivity contribution in [1.29, 1.82) is 0 Å². The molecule has 0 unspecified atom stereocenters. The summed E-state index contributed by atoms with van der Waals surface area (Å²) in [6.07, 6.45) is 3.75. The Labute approximate surface area is 105 Å². The number of piperidine rings is 1. The summed E-state index contributed by atoms with van der Waals surface area (Å²) < 4.78 is 0. The van der Waals surface area contributed by atoms with E-state index in [0.717, 1.165) is 29.0 Å².